The van der Waals surface area contributed by atoms with Crippen molar-refractivity contribution in [3.8, 4) is 5.75 Å². The summed E-state index contributed by atoms with van der Waals surface area (Å²) in [5, 5.41) is 10.6. The number of benzene rings is 2. The standard InChI is InChI=1S/C34H43ClN2O6S/c1-22-6-4-15-34(20-38,42-3)29-11-8-26(29)18-37-19-33(14-5-7-24-16-27(35)10-12-28(24)33)21-43-31-13-9-25(17-30(31)37)32(39)36-44(40,41)23(22)2/h4,9-10,12-13,15-17,22-23,26,29,38H,5-8,11,14,18-21H2,1-3H3,(H,36,39)/b15-4-/t22-,23+,26-,29+,33-,34+/m0/s1. The van der Waals surface area contributed by atoms with Gasteiger partial charge in [-0.2, -0.15) is 0 Å². The average Bonchev–Trinajstić information content (AvgIpc) is 3.14. The first-order chi connectivity index (χ1) is 21.0. The topological polar surface area (TPSA) is 105 Å². The molecule has 0 radical (unpaired) electrons. The lowest BCUT2D eigenvalue weighted by Crippen LogP contribution is -2.54. The van der Waals surface area contributed by atoms with Crippen LogP contribution in [0, 0.1) is 17.8 Å². The molecule has 2 bridgehead atoms. The van der Waals surface area contributed by atoms with Crippen molar-refractivity contribution in [3.63, 3.8) is 0 Å². The average molecular weight is 643 g/mol. The fourth-order valence-electron chi connectivity index (χ4n) is 7.81. The largest absolute Gasteiger partial charge is 0.490 e. The van der Waals surface area contributed by atoms with Crippen LogP contribution in [-0.4, -0.2) is 63.7 Å². The zero-order valence-corrected chi connectivity index (χ0v) is 27.3. The highest BCUT2D eigenvalue weighted by Gasteiger charge is 2.49. The first kappa shape index (κ1) is 31.4. The second-order valence-corrected chi connectivity index (χ2v) is 15.8. The summed E-state index contributed by atoms with van der Waals surface area (Å²) >= 11 is 6.41. The van der Waals surface area contributed by atoms with Crippen LogP contribution in [0.15, 0.2) is 48.6 Å². The van der Waals surface area contributed by atoms with E-state index in [-0.39, 0.29) is 35.3 Å². The summed E-state index contributed by atoms with van der Waals surface area (Å²) in [6.45, 7) is 5.14. The second kappa shape index (κ2) is 12.0. The number of hydrogen-bond donors (Lipinski definition) is 2. The Hall–Kier alpha value is -2.59. The number of hydrogen-bond acceptors (Lipinski definition) is 7. The van der Waals surface area contributed by atoms with E-state index in [0.29, 0.717) is 31.9 Å². The van der Waals surface area contributed by atoms with Gasteiger partial charge in [-0.25, -0.2) is 13.1 Å². The highest BCUT2D eigenvalue weighted by atomic mass is 35.5. The molecule has 4 aliphatic rings. The Bertz CT molecular complexity index is 1560. The summed E-state index contributed by atoms with van der Waals surface area (Å²) in [7, 11) is -2.32. The summed E-state index contributed by atoms with van der Waals surface area (Å²) in [5.41, 5.74) is 2.38. The lowest BCUT2D eigenvalue weighted by atomic mass is 9.64. The number of rotatable bonds is 2. The lowest BCUT2D eigenvalue weighted by Gasteiger charge is -2.50. The van der Waals surface area contributed by atoms with Gasteiger partial charge in [0.1, 0.15) is 11.4 Å². The first-order valence-electron chi connectivity index (χ1n) is 15.7. The Morgan fingerprint density at radius 3 is 2.73 bits per heavy atom. The summed E-state index contributed by atoms with van der Waals surface area (Å²) in [4.78, 5) is 15.7. The number of halogens is 1. The van der Waals surface area contributed by atoms with E-state index in [1.54, 1.807) is 32.2 Å². The molecule has 1 saturated carbocycles. The van der Waals surface area contributed by atoms with E-state index < -0.39 is 26.8 Å². The predicted octanol–water partition coefficient (Wildman–Crippen LogP) is 5.26. The van der Waals surface area contributed by atoms with Crippen molar-refractivity contribution < 1.29 is 27.8 Å². The number of aliphatic hydroxyl groups is 1. The van der Waals surface area contributed by atoms with Gasteiger partial charge in [0.2, 0.25) is 10.0 Å². The summed E-state index contributed by atoms with van der Waals surface area (Å²) in [5.74, 6) is 0.0543. The van der Waals surface area contributed by atoms with Crippen LogP contribution in [0.1, 0.15) is 67.4 Å². The number of allylic oxidation sites excluding steroid dienone is 1. The minimum absolute atomic E-state index is 0.0746. The fourth-order valence-corrected chi connectivity index (χ4v) is 9.29. The molecule has 6 atom stereocenters. The van der Waals surface area contributed by atoms with Crippen LogP contribution in [0.25, 0.3) is 0 Å². The first-order valence-corrected chi connectivity index (χ1v) is 17.6. The SMILES string of the molecule is CO[C@@]1(CO)/C=C\C[C@H](C)[C@@H](C)S(=O)(=O)NC(=O)c2ccc3c(c2)N(C[C@@H]2CC[C@H]21)C[C@@]1(CCCc2cc(Cl)ccc21)CO3. The van der Waals surface area contributed by atoms with E-state index in [1.807, 2.05) is 25.1 Å². The molecule has 0 unspecified atom stereocenters. The maximum atomic E-state index is 13.4. The Morgan fingerprint density at radius 2 is 2.00 bits per heavy atom. The molecular formula is C34H43ClN2O6S. The van der Waals surface area contributed by atoms with Gasteiger partial charge in [0.25, 0.3) is 5.91 Å². The highest BCUT2D eigenvalue weighted by molar-refractivity contribution is 7.90. The molecule has 1 amide bonds. The molecule has 10 heteroatoms. The Labute approximate surface area is 265 Å². The van der Waals surface area contributed by atoms with Gasteiger partial charge in [0, 0.05) is 36.2 Å². The molecule has 0 aromatic heterocycles. The van der Waals surface area contributed by atoms with Crippen LogP contribution in [0.3, 0.4) is 0 Å². The van der Waals surface area contributed by atoms with E-state index in [9.17, 15) is 18.3 Å². The van der Waals surface area contributed by atoms with Crippen molar-refractivity contribution in [2.45, 2.75) is 68.6 Å². The molecule has 2 heterocycles. The number of sulfonamides is 1. The minimum atomic E-state index is -3.95. The number of carbonyl (C=O) groups excluding carboxylic acids is 1. The van der Waals surface area contributed by atoms with Crippen molar-refractivity contribution in [1.82, 2.24) is 4.72 Å². The molecule has 2 aromatic carbocycles. The van der Waals surface area contributed by atoms with Crippen LogP contribution >= 0.6 is 11.6 Å². The number of nitrogens with zero attached hydrogens (tertiary/aromatic N) is 1. The fraction of sp³-hybridized carbons (Fsp3) is 0.559. The Morgan fingerprint density at radius 1 is 1.18 bits per heavy atom. The van der Waals surface area contributed by atoms with Crippen molar-refractivity contribution in [1.29, 1.82) is 0 Å². The number of aryl methyl sites for hydroxylation is 1. The Kier molecular flexibility index (Phi) is 8.54. The quantitative estimate of drug-likeness (QED) is 0.431. The highest BCUT2D eigenvalue weighted by Crippen LogP contribution is 2.49. The maximum absolute atomic E-state index is 13.4. The van der Waals surface area contributed by atoms with Crippen molar-refractivity contribution >= 4 is 33.2 Å². The second-order valence-electron chi connectivity index (χ2n) is 13.3. The monoisotopic (exact) mass is 642 g/mol. The number of anilines is 1. The third kappa shape index (κ3) is 5.54. The van der Waals surface area contributed by atoms with Gasteiger partial charge in [0.05, 0.1) is 24.2 Å². The molecule has 2 aliphatic heterocycles. The molecule has 44 heavy (non-hydrogen) atoms. The summed E-state index contributed by atoms with van der Waals surface area (Å²) < 4.78 is 41.5. The number of aliphatic hydroxyl groups excluding tert-OH is 1. The van der Waals surface area contributed by atoms with Gasteiger partial charge in [-0.1, -0.05) is 36.7 Å². The molecule has 0 saturated heterocycles. The van der Waals surface area contributed by atoms with Gasteiger partial charge < -0.3 is 19.5 Å². The summed E-state index contributed by atoms with van der Waals surface area (Å²) in [6.07, 6.45) is 9.15. The van der Waals surface area contributed by atoms with Gasteiger partial charge in [-0.3, -0.25) is 4.79 Å². The van der Waals surface area contributed by atoms with Crippen molar-refractivity contribution in [2.75, 3.05) is 38.3 Å². The van der Waals surface area contributed by atoms with E-state index in [2.05, 4.69) is 21.8 Å². The van der Waals surface area contributed by atoms with Gasteiger partial charge in [-0.05, 0) is 105 Å². The smallest absolute Gasteiger partial charge is 0.264 e. The predicted molar refractivity (Wildman–Crippen MR) is 172 cm³/mol. The van der Waals surface area contributed by atoms with Crippen LogP contribution in [-0.2, 0) is 26.6 Å². The third-order valence-corrected chi connectivity index (χ3v) is 13.0. The molecule has 1 spiro atoms. The zero-order valence-electron chi connectivity index (χ0n) is 25.7. The van der Waals surface area contributed by atoms with Crippen LogP contribution in [0.4, 0.5) is 5.69 Å². The van der Waals surface area contributed by atoms with E-state index in [0.717, 1.165) is 42.8 Å². The minimum Gasteiger partial charge on any atom is -0.490 e. The molecule has 2 N–H and O–H groups in total. The number of methoxy groups -OCH3 is 1. The van der Waals surface area contributed by atoms with Crippen LogP contribution in [0.2, 0.25) is 5.02 Å². The van der Waals surface area contributed by atoms with Crippen LogP contribution < -0.4 is 14.4 Å². The number of ether oxygens (including phenoxy) is 2. The van der Waals surface area contributed by atoms with Gasteiger partial charge >= 0.3 is 0 Å². The van der Waals surface area contributed by atoms with Gasteiger partial charge in [0.15, 0.2) is 0 Å². The lowest BCUT2D eigenvalue weighted by molar-refractivity contribution is -0.103. The summed E-state index contributed by atoms with van der Waals surface area (Å²) in [6, 6.07) is 11.4. The number of amides is 1. The molecule has 6 rings (SSSR count). The molecule has 8 nitrogen and oxygen atoms in total. The Balaban J connectivity index is 1.46. The van der Waals surface area contributed by atoms with E-state index >= 15 is 0 Å². The van der Waals surface area contributed by atoms with Gasteiger partial charge in [-0.15, -0.1) is 0 Å². The molecular weight excluding hydrogens is 600 g/mol. The van der Waals surface area contributed by atoms with Crippen molar-refractivity contribution in [3.05, 3.63) is 70.3 Å². The van der Waals surface area contributed by atoms with E-state index in [1.165, 1.54) is 11.1 Å². The maximum Gasteiger partial charge on any atom is 0.264 e. The molecule has 1 fully saturated rings. The molecule has 2 aliphatic carbocycles. The molecule has 238 valence electrons. The zero-order chi connectivity index (χ0) is 31.3. The number of fused-ring (bicyclic) bond motifs is 4. The van der Waals surface area contributed by atoms with E-state index in [4.69, 9.17) is 21.1 Å². The normalized spacial score (nSPS) is 34.0. The van der Waals surface area contributed by atoms with Crippen molar-refractivity contribution in [2.24, 2.45) is 17.8 Å². The van der Waals surface area contributed by atoms with Crippen LogP contribution in [0.5, 0.6) is 5.75 Å². The number of nitrogens with one attached hydrogen (secondary N) is 1. The number of carbonyl (C=O) groups is 1. The third-order valence-electron chi connectivity index (χ3n) is 10.9. The molecule has 2 aromatic rings.